The Morgan fingerprint density at radius 3 is 2.42 bits per heavy atom. The minimum Gasteiger partial charge on any atom is -0.490 e. The molecule has 0 saturated carbocycles. The lowest BCUT2D eigenvalue weighted by atomic mass is 10.3. The Morgan fingerprint density at radius 1 is 1.26 bits per heavy atom. The third-order valence-electron chi connectivity index (χ3n) is 2.95. The maximum Gasteiger partial charge on any atom is 0.211 e. The van der Waals surface area contributed by atoms with E-state index in [-0.39, 0.29) is 5.15 Å². The van der Waals surface area contributed by atoms with Crippen LogP contribution < -0.4 is 9.64 Å². The van der Waals surface area contributed by atoms with Crippen molar-refractivity contribution in [1.82, 2.24) is 14.3 Å². The number of hydrogen-bond acceptors (Lipinski definition) is 6. The fourth-order valence-electron chi connectivity index (χ4n) is 1.98. The number of piperazine rings is 1. The molecule has 1 aromatic heterocycles. The minimum atomic E-state index is -3.14. The molecule has 0 atom stereocenters. The third-order valence-corrected chi connectivity index (χ3v) is 4.53. The molecule has 19 heavy (non-hydrogen) atoms. The normalized spacial score (nSPS) is 17.5. The Bertz CT molecular complexity index is 558. The van der Waals surface area contributed by atoms with Crippen molar-refractivity contribution in [2.24, 2.45) is 0 Å². The molecule has 0 bridgehead atoms. The zero-order valence-electron chi connectivity index (χ0n) is 10.7. The van der Waals surface area contributed by atoms with Crippen LogP contribution in [0.15, 0.2) is 6.33 Å². The van der Waals surface area contributed by atoms with E-state index in [0.717, 1.165) is 0 Å². The van der Waals surface area contributed by atoms with Gasteiger partial charge in [-0.05, 0) is 0 Å². The number of sulfonamides is 1. The highest BCUT2D eigenvalue weighted by atomic mass is 35.5. The lowest BCUT2D eigenvalue weighted by Crippen LogP contribution is -2.48. The SMILES string of the molecule is COc1c(Cl)ncnc1N1CCN(S(C)(=O)=O)CC1. The second-order valence-electron chi connectivity index (χ2n) is 4.17. The fourth-order valence-corrected chi connectivity index (χ4v) is 3.01. The first-order valence-electron chi connectivity index (χ1n) is 5.68. The average molecular weight is 307 g/mol. The van der Waals surface area contributed by atoms with Gasteiger partial charge in [-0.3, -0.25) is 0 Å². The molecule has 1 fully saturated rings. The first kappa shape index (κ1) is 14.3. The molecule has 0 radical (unpaired) electrons. The van der Waals surface area contributed by atoms with Gasteiger partial charge in [0.25, 0.3) is 0 Å². The van der Waals surface area contributed by atoms with Crippen LogP contribution in [0.4, 0.5) is 5.82 Å². The van der Waals surface area contributed by atoms with Gasteiger partial charge in [-0.25, -0.2) is 18.4 Å². The Morgan fingerprint density at radius 2 is 1.89 bits per heavy atom. The van der Waals surface area contributed by atoms with E-state index < -0.39 is 10.0 Å². The van der Waals surface area contributed by atoms with Crippen molar-refractivity contribution >= 4 is 27.4 Å². The van der Waals surface area contributed by atoms with Crippen LogP contribution in [0.1, 0.15) is 0 Å². The van der Waals surface area contributed by atoms with Crippen LogP contribution in [-0.2, 0) is 10.0 Å². The van der Waals surface area contributed by atoms with Gasteiger partial charge in [0.05, 0.1) is 13.4 Å². The number of ether oxygens (including phenoxy) is 1. The quantitative estimate of drug-likeness (QED) is 0.744. The highest BCUT2D eigenvalue weighted by molar-refractivity contribution is 7.88. The lowest BCUT2D eigenvalue weighted by molar-refractivity contribution is 0.378. The molecule has 0 N–H and O–H groups in total. The zero-order valence-corrected chi connectivity index (χ0v) is 12.3. The number of rotatable bonds is 3. The van der Waals surface area contributed by atoms with E-state index >= 15 is 0 Å². The van der Waals surface area contributed by atoms with E-state index in [4.69, 9.17) is 16.3 Å². The number of nitrogens with zero attached hydrogens (tertiary/aromatic N) is 4. The van der Waals surface area contributed by atoms with Crippen LogP contribution in [0.25, 0.3) is 0 Å². The van der Waals surface area contributed by atoms with E-state index in [1.54, 1.807) is 0 Å². The maximum atomic E-state index is 11.4. The van der Waals surface area contributed by atoms with Gasteiger partial charge in [0, 0.05) is 26.2 Å². The summed E-state index contributed by atoms with van der Waals surface area (Å²) < 4.78 is 29.5. The second kappa shape index (κ2) is 5.48. The molecule has 0 aliphatic carbocycles. The van der Waals surface area contributed by atoms with Crippen molar-refractivity contribution in [3.8, 4) is 5.75 Å². The summed E-state index contributed by atoms with van der Waals surface area (Å²) in [5.41, 5.74) is 0. The predicted molar refractivity (Wildman–Crippen MR) is 72.2 cm³/mol. The molecule has 1 aliphatic rings. The smallest absolute Gasteiger partial charge is 0.211 e. The Hall–Kier alpha value is -1.12. The summed E-state index contributed by atoms with van der Waals surface area (Å²) in [6, 6.07) is 0. The molecule has 1 aliphatic heterocycles. The van der Waals surface area contributed by atoms with Crippen molar-refractivity contribution in [2.45, 2.75) is 0 Å². The molecular weight excluding hydrogens is 292 g/mol. The largest absolute Gasteiger partial charge is 0.490 e. The molecule has 9 heteroatoms. The van der Waals surface area contributed by atoms with E-state index in [1.807, 2.05) is 4.90 Å². The minimum absolute atomic E-state index is 0.248. The van der Waals surface area contributed by atoms with Crippen molar-refractivity contribution in [3.05, 3.63) is 11.5 Å². The molecule has 7 nitrogen and oxygen atoms in total. The van der Waals surface area contributed by atoms with E-state index in [1.165, 1.54) is 24.0 Å². The molecular formula is C10H15ClN4O3S. The summed E-state index contributed by atoms with van der Waals surface area (Å²) in [4.78, 5) is 9.95. The van der Waals surface area contributed by atoms with E-state index in [9.17, 15) is 8.42 Å². The molecule has 0 unspecified atom stereocenters. The van der Waals surface area contributed by atoms with E-state index in [2.05, 4.69) is 9.97 Å². The number of methoxy groups -OCH3 is 1. The standard InChI is InChI=1S/C10H15ClN4O3S/c1-18-8-9(11)12-7-13-10(8)14-3-5-15(6-4-14)19(2,16)17/h7H,3-6H2,1-2H3. The number of halogens is 1. The summed E-state index contributed by atoms with van der Waals surface area (Å²) in [6.45, 7) is 1.92. The number of aromatic nitrogens is 2. The molecule has 0 aromatic carbocycles. The van der Waals surface area contributed by atoms with Gasteiger partial charge in [-0.15, -0.1) is 0 Å². The monoisotopic (exact) mass is 306 g/mol. The van der Waals surface area contributed by atoms with Crippen LogP contribution in [0.2, 0.25) is 5.15 Å². The van der Waals surface area contributed by atoms with Gasteiger partial charge < -0.3 is 9.64 Å². The lowest BCUT2D eigenvalue weighted by Gasteiger charge is -2.34. The molecule has 0 amide bonds. The molecule has 0 spiro atoms. The number of hydrogen-bond donors (Lipinski definition) is 0. The van der Waals surface area contributed by atoms with Gasteiger partial charge in [-0.2, -0.15) is 4.31 Å². The highest BCUT2D eigenvalue weighted by Crippen LogP contribution is 2.31. The molecule has 1 aromatic rings. The highest BCUT2D eigenvalue weighted by Gasteiger charge is 2.26. The average Bonchev–Trinajstić information content (AvgIpc) is 2.37. The first-order chi connectivity index (χ1) is 8.93. The summed E-state index contributed by atoms with van der Waals surface area (Å²) in [7, 11) is -1.64. The summed E-state index contributed by atoms with van der Waals surface area (Å²) >= 11 is 5.94. The van der Waals surface area contributed by atoms with Crippen molar-refractivity contribution in [1.29, 1.82) is 0 Å². The Balaban J connectivity index is 2.16. The number of anilines is 1. The summed E-state index contributed by atoms with van der Waals surface area (Å²) in [6.07, 6.45) is 2.58. The van der Waals surface area contributed by atoms with Crippen molar-refractivity contribution in [2.75, 3.05) is 44.4 Å². The Labute approximate surface area is 117 Å². The van der Waals surface area contributed by atoms with Crippen LogP contribution in [0, 0.1) is 0 Å². The zero-order chi connectivity index (χ0) is 14.0. The maximum absolute atomic E-state index is 11.4. The Kier molecular flexibility index (Phi) is 4.12. The van der Waals surface area contributed by atoms with Gasteiger partial charge in [0.1, 0.15) is 6.33 Å². The van der Waals surface area contributed by atoms with Crippen LogP contribution in [0.3, 0.4) is 0 Å². The first-order valence-corrected chi connectivity index (χ1v) is 7.90. The van der Waals surface area contributed by atoms with E-state index in [0.29, 0.717) is 37.7 Å². The van der Waals surface area contributed by atoms with Gasteiger partial charge in [0.2, 0.25) is 10.0 Å². The van der Waals surface area contributed by atoms with Gasteiger partial charge >= 0.3 is 0 Å². The third kappa shape index (κ3) is 3.07. The molecule has 1 saturated heterocycles. The summed E-state index contributed by atoms with van der Waals surface area (Å²) in [5.74, 6) is 1.01. The molecule has 106 valence electrons. The van der Waals surface area contributed by atoms with Crippen LogP contribution in [0.5, 0.6) is 5.75 Å². The van der Waals surface area contributed by atoms with Crippen molar-refractivity contribution in [3.63, 3.8) is 0 Å². The molecule has 2 rings (SSSR count). The molecule has 2 heterocycles. The van der Waals surface area contributed by atoms with Crippen LogP contribution in [-0.4, -0.2) is 62.2 Å². The van der Waals surface area contributed by atoms with Gasteiger partial charge in [0.15, 0.2) is 16.7 Å². The predicted octanol–water partition coefficient (Wildman–Crippen LogP) is 0.220. The second-order valence-corrected chi connectivity index (χ2v) is 6.51. The summed E-state index contributed by atoms with van der Waals surface area (Å²) in [5, 5.41) is 0.248. The topological polar surface area (TPSA) is 75.6 Å². The van der Waals surface area contributed by atoms with Gasteiger partial charge in [-0.1, -0.05) is 11.6 Å². The van der Waals surface area contributed by atoms with Crippen molar-refractivity contribution < 1.29 is 13.2 Å². The van der Waals surface area contributed by atoms with Crippen LogP contribution >= 0.6 is 11.6 Å². The fraction of sp³-hybridized carbons (Fsp3) is 0.600.